The van der Waals surface area contributed by atoms with Crippen LogP contribution in [0.1, 0.15) is 46.5 Å². The summed E-state index contributed by atoms with van der Waals surface area (Å²) in [5.74, 6) is 1.75. The molecule has 0 amide bonds. The van der Waals surface area contributed by atoms with Gasteiger partial charge < -0.3 is 4.74 Å². The van der Waals surface area contributed by atoms with Gasteiger partial charge in [0, 0.05) is 6.54 Å². The highest BCUT2D eigenvalue weighted by Crippen LogP contribution is 2.34. The van der Waals surface area contributed by atoms with Gasteiger partial charge in [-0.1, -0.05) is 18.2 Å². The Morgan fingerprint density at radius 2 is 2.04 bits per heavy atom. The summed E-state index contributed by atoms with van der Waals surface area (Å²) in [6, 6.07) is 10.4. The monoisotopic (exact) mass is 329 g/mol. The van der Waals surface area contributed by atoms with E-state index in [-0.39, 0.29) is 5.78 Å². The Morgan fingerprint density at radius 1 is 1.30 bits per heavy atom. The summed E-state index contributed by atoms with van der Waals surface area (Å²) in [5, 5.41) is 2.11. The van der Waals surface area contributed by atoms with Gasteiger partial charge in [0.25, 0.3) is 0 Å². The maximum absolute atomic E-state index is 11.4. The molecule has 4 heteroatoms. The van der Waals surface area contributed by atoms with Gasteiger partial charge in [0.05, 0.1) is 12.0 Å². The quantitative estimate of drug-likeness (QED) is 0.764. The zero-order chi connectivity index (χ0) is 16.2. The molecule has 0 bridgehead atoms. The number of carbonyl (C=O) groups is 1. The number of ether oxygens (including phenoxy) is 1. The number of carbonyl (C=O) groups excluding carboxylic acids is 1. The van der Waals surface area contributed by atoms with E-state index in [0.717, 1.165) is 43.1 Å². The highest BCUT2D eigenvalue weighted by atomic mass is 32.1. The van der Waals surface area contributed by atoms with Gasteiger partial charge in [-0.15, -0.1) is 11.3 Å². The minimum atomic E-state index is 0.163. The molecule has 1 fully saturated rings. The molecule has 1 aromatic heterocycles. The first-order chi connectivity index (χ1) is 11.2. The van der Waals surface area contributed by atoms with Crippen LogP contribution in [-0.2, 0) is 6.54 Å². The average molecular weight is 329 g/mol. The van der Waals surface area contributed by atoms with Gasteiger partial charge in [-0.3, -0.25) is 9.69 Å². The smallest absolute Gasteiger partial charge is 0.169 e. The van der Waals surface area contributed by atoms with E-state index >= 15 is 0 Å². The van der Waals surface area contributed by atoms with Gasteiger partial charge in [-0.2, -0.15) is 0 Å². The van der Waals surface area contributed by atoms with Crippen LogP contribution >= 0.6 is 11.3 Å². The van der Waals surface area contributed by atoms with Crippen LogP contribution in [0.15, 0.2) is 35.7 Å². The van der Waals surface area contributed by atoms with E-state index in [0.29, 0.717) is 5.92 Å². The summed E-state index contributed by atoms with van der Waals surface area (Å²) in [4.78, 5) is 14.7. The van der Waals surface area contributed by atoms with Crippen molar-refractivity contribution in [2.24, 2.45) is 0 Å². The van der Waals surface area contributed by atoms with Crippen molar-refractivity contribution in [3.63, 3.8) is 0 Å². The standard InChI is InChI=1S/C19H23NO2S/c1-14(21)19-11-15(13-23-19)12-20-9-7-16(8-10-20)17-5-3-4-6-18(17)22-2/h3-6,11,13,16H,7-10,12H2,1-2H3. The van der Waals surface area contributed by atoms with Crippen molar-refractivity contribution < 1.29 is 9.53 Å². The Bertz CT molecular complexity index is 672. The van der Waals surface area contributed by atoms with E-state index in [2.05, 4.69) is 28.5 Å². The average Bonchev–Trinajstić information content (AvgIpc) is 3.04. The number of thiophene rings is 1. The molecule has 1 saturated heterocycles. The molecule has 0 atom stereocenters. The van der Waals surface area contributed by atoms with E-state index in [9.17, 15) is 4.79 Å². The maximum Gasteiger partial charge on any atom is 0.169 e. The van der Waals surface area contributed by atoms with Crippen LogP contribution in [0, 0.1) is 0 Å². The lowest BCUT2D eigenvalue weighted by Gasteiger charge is -2.32. The third kappa shape index (κ3) is 3.82. The van der Waals surface area contributed by atoms with Crippen LogP contribution in [0.2, 0.25) is 0 Å². The lowest BCUT2D eigenvalue weighted by molar-refractivity contribution is 0.102. The van der Waals surface area contributed by atoms with Crippen LogP contribution in [0.4, 0.5) is 0 Å². The van der Waals surface area contributed by atoms with E-state index in [1.54, 1.807) is 25.4 Å². The van der Waals surface area contributed by atoms with Crippen molar-refractivity contribution in [3.8, 4) is 5.75 Å². The third-order valence-corrected chi connectivity index (χ3v) is 5.65. The lowest BCUT2D eigenvalue weighted by Crippen LogP contribution is -2.32. The third-order valence-electron chi connectivity index (χ3n) is 4.57. The first-order valence-electron chi connectivity index (χ1n) is 8.11. The molecule has 122 valence electrons. The second-order valence-corrected chi connectivity index (χ2v) is 7.08. The van der Waals surface area contributed by atoms with Crippen molar-refractivity contribution in [1.82, 2.24) is 4.90 Å². The highest BCUT2D eigenvalue weighted by Gasteiger charge is 2.23. The first kappa shape index (κ1) is 16.2. The van der Waals surface area contributed by atoms with Crippen LogP contribution in [0.5, 0.6) is 5.75 Å². The Morgan fingerprint density at radius 3 is 2.70 bits per heavy atom. The molecule has 1 aliphatic heterocycles. The molecule has 0 aliphatic carbocycles. The van der Waals surface area contributed by atoms with Crippen molar-refractivity contribution in [1.29, 1.82) is 0 Å². The van der Waals surface area contributed by atoms with E-state index in [4.69, 9.17) is 4.74 Å². The number of nitrogens with zero attached hydrogens (tertiary/aromatic N) is 1. The molecule has 23 heavy (non-hydrogen) atoms. The molecule has 0 spiro atoms. The van der Waals surface area contributed by atoms with Gasteiger partial charge in [0.1, 0.15) is 5.75 Å². The predicted molar refractivity (Wildman–Crippen MR) is 94.6 cm³/mol. The Labute approximate surface area is 141 Å². The zero-order valence-corrected chi connectivity index (χ0v) is 14.6. The van der Waals surface area contributed by atoms with Crippen LogP contribution in [-0.4, -0.2) is 30.9 Å². The summed E-state index contributed by atoms with van der Waals surface area (Å²) >= 11 is 1.56. The molecule has 2 aromatic rings. The Balaban J connectivity index is 1.58. The number of rotatable bonds is 5. The fraction of sp³-hybridized carbons (Fsp3) is 0.421. The van der Waals surface area contributed by atoms with Crippen molar-refractivity contribution in [3.05, 3.63) is 51.7 Å². The largest absolute Gasteiger partial charge is 0.496 e. The number of hydrogen-bond donors (Lipinski definition) is 0. The lowest BCUT2D eigenvalue weighted by atomic mass is 9.88. The van der Waals surface area contributed by atoms with E-state index < -0.39 is 0 Å². The number of para-hydroxylation sites is 1. The fourth-order valence-electron chi connectivity index (χ4n) is 3.31. The predicted octanol–water partition coefficient (Wildman–Crippen LogP) is 4.34. The number of hydrogen-bond acceptors (Lipinski definition) is 4. The SMILES string of the molecule is COc1ccccc1C1CCN(Cc2csc(C(C)=O)c2)CC1. The molecule has 2 heterocycles. The van der Waals surface area contributed by atoms with Crippen molar-refractivity contribution in [2.75, 3.05) is 20.2 Å². The van der Waals surface area contributed by atoms with Gasteiger partial charge in [0.2, 0.25) is 0 Å². The number of likely N-dealkylation sites (tertiary alicyclic amines) is 1. The summed E-state index contributed by atoms with van der Waals surface area (Å²) in [6.45, 7) is 4.76. The van der Waals surface area contributed by atoms with Crippen LogP contribution in [0.3, 0.4) is 0 Å². The minimum Gasteiger partial charge on any atom is -0.496 e. The number of ketones is 1. The van der Waals surface area contributed by atoms with Crippen molar-refractivity contribution >= 4 is 17.1 Å². The minimum absolute atomic E-state index is 0.163. The molecule has 0 N–H and O–H groups in total. The number of piperidine rings is 1. The van der Waals surface area contributed by atoms with E-state index in [1.165, 1.54) is 11.1 Å². The van der Waals surface area contributed by atoms with Gasteiger partial charge in [-0.25, -0.2) is 0 Å². The molecule has 0 radical (unpaired) electrons. The molecule has 3 rings (SSSR count). The molecule has 0 saturated carbocycles. The molecule has 1 aliphatic rings. The van der Waals surface area contributed by atoms with Gasteiger partial charge in [0.15, 0.2) is 5.78 Å². The molecular formula is C19H23NO2S. The van der Waals surface area contributed by atoms with Crippen molar-refractivity contribution in [2.45, 2.75) is 32.2 Å². The van der Waals surface area contributed by atoms with Crippen LogP contribution < -0.4 is 4.74 Å². The number of methoxy groups -OCH3 is 1. The normalized spacial score (nSPS) is 16.4. The number of benzene rings is 1. The van der Waals surface area contributed by atoms with Crippen LogP contribution in [0.25, 0.3) is 0 Å². The second-order valence-electron chi connectivity index (χ2n) is 6.17. The van der Waals surface area contributed by atoms with Gasteiger partial charge >= 0.3 is 0 Å². The van der Waals surface area contributed by atoms with Gasteiger partial charge in [-0.05, 0) is 67.4 Å². The van der Waals surface area contributed by atoms with E-state index in [1.807, 2.05) is 12.1 Å². The zero-order valence-electron chi connectivity index (χ0n) is 13.7. The Hall–Kier alpha value is -1.65. The summed E-state index contributed by atoms with van der Waals surface area (Å²) in [6.07, 6.45) is 2.31. The molecule has 1 aromatic carbocycles. The Kier molecular flexibility index (Phi) is 5.13. The second kappa shape index (κ2) is 7.28. The first-order valence-corrected chi connectivity index (χ1v) is 8.99. The molecule has 3 nitrogen and oxygen atoms in total. The highest BCUT2D eigenvalue weighted by molar-refractivity contribution is 7.12. The molecular weight excluding hydrogens is 306 g/mol. The fourth-order valence-corrected chi connectivity index (χ4v) is 4.11. The topological polar surface area (TPSA) is 29.5 Å². The summed E-state index contributed by atoms with van der Waals surface area (Å²) < 4.78 is 5.50. The molecule has 0 unspecified atom stereocenters. The summed E-state index contributed by atoms with van der Waals surface area (Å²) in [5.41, 5.74) is 2.60. The summed E-state index contributed by atoms with van der Waals surface area (Å²) in [7, 11) is 1.75. The number of Topliss-reactive ketones (excluding diaryl/α,β-unsaturated/α-hetero) is 1. The maximum atomic E-state index is 11.4.